The molecule has 0 N–H and O–H groups in total. The standard InChI is InChI=1S/C31H24F2N6O4/c1-3-37-18-24(30(41)39(31(37)42)23-7-5-22(32)6-8-23)27(40)13-19-4-9-28(25(33)12-19)43-29-14-20(21-15-35-36(2)16-21)17-38-26(29)10-11-34-38/h4-12,14-18H,3,13H2,1-2H3. The molecule has 6 aromatic rings. The van der Waals surface area contributed by atoms with Gasteiger partial charge >= 0.3 is 5.69 Å². The van der Waals surface area contributed by atoms with Crippen molar-refractivity contribution in [3.05, 3.63) is 129 Å². The Morgan fingerprint density at radius 1 is 0.907 bits per heavy atom. The average molecular weight is 583 g/mol. The van der Waals surface area contributed by atoms with Crippen LogP contribution in [0.15, 0.2) is 95.2 Å². The summed E-state index contributed by atoms with van der Waals surface area (Å²) in [4.78, 5) is 39.4. The van der Waals surface area contributed by atoms with E-state index in [0.717, 1.165) is 27.8 Å². The fourth-order valence-electron chi connectivity index (χ4n) is 4.78. The number of halogens is 2. The normalized spacial score (nSPS) is 11.3. The van der Waals surface area contributed by atoms with Crippen LogP contribution in [0, 0.1) is 11.6 Å². The zero-order chi connectivity index (χ0) is 30.2. The molecule has 216 valence electrons. The highest BCUT2D eigenvalue weighted by molar-refractivity contribution is 5.97. The van der Waals surface area contributed by atoms with Gasteiger partial charge in [0.2, 0.25) is 0 Å². The molecular formula is C31H24F2N6O4. The van der Waals surface area contributed by atoms with Gasteiger partial charge in [-0.05, 0) is 61.0 Å². The first-order valence-electron chi connectivity index (χ1n) is 13.3. The van der Waals surface area contributed by atoms with E-state index in [9.17, 15) is 18.8 Å². The number of hydrogen-bond donors (Lipinski definition) is 0. The van der Waals surface area contributed by atoms with Crippen molar-refractivity contribution >= 4 is 11.3 Å². The van der Waals surface area contributed by atoms with Crippen LogP contribution in [0.2, 0.25) is 0 Å². The van der Waals surface area contributed by atoms with Gasteiger partial charge < -0.3 is 4.74 Å². The fourth-order valence-corrected chi connectivity index (χ4v) is 4.78. The van der Waals surface area contributed by atoms with Crippen molar-refractivity contribution in [1.29, 1.82) is 0 Å². The number of fused-ring (bicyclic) bond motifs is 1. The highest BCUT2D eigenvalue weighted by atomic mass is 19.1. The molecule has 0 saturated carbocycles. The van der Waals surface area contributed by atoms with E-state index in [1.54, 1.807) is 47.7 Å². The van der Waals surface area contributed by atoms with Gasteiger partial charge in [-0.1, -0.05) is 6.07 Å². The Morgan fingerprint density at radius 3 is 2.40 bits per heavy atom. The largest absolute Gasteiger partial charge is 0.452 e. The Morgan fingerprint density at radius 2 is 1.70 bits per heavy atom. The molecule has 0 saturated heterocycles. The third-order valence-corrected chi connectivity index (χ3v) is 6.97. The molecule has 0 aliphatic heterocycles. The SMILES string of the molecule is CCn1cc(C(=O)Cc2ccc(Oc3cc(-c4cnn(C)c4)cn4nccc34)c(F)c2)c(=O)n(-c2ccc(F)cc2)c1=O. The number of ether oxygens (including phenoxy) is 1. The lowest BCUT2D eigenvalue weighted by Crippen LogP contribution is -2.41. The molecule has 0 aliphatic rings. The lowest BCUT2D eigenvalue weighted by Gasteiger charge is -2.12. The van der Waals surface area contributed by atoms with Crippen LogP contribution in [0.3, 0.4) is 0 Å². The average Bonchev–Trinajstić information content (AvgIpc) is 3.65. The molecular weight excluding hydrogens is 558 g/mol. The molecule has 0 fully saturated rings. The number of nitrogens with zero attached hydrogens (tertiary/aromatic N) is 6. The number of Topliss-reactive ketones (excluding diaryl/α,β-unsaturated/α-hetero) is 1. The van der Waals surface area contributed by atoms with Crippen LogP contribution in [-0.2, 0) is 20.0 Å². The molecule has 0 radical (unpaired) electrons. The zero-order valence-corrected chi connectivity index (χ0v) is 23.1. The van der Waals surface area contributed by atoms with Crippen molar-refractivity contribution in [2.45, 2.75) is 19.9 Å². The number of hydrogen-bond acceptors (Lipinski definition) is 6. The Labute approximate surface area is 242 Å². The number of ketones is 1. The topological polar surface area (TPSA) is 105 Å². The highest BCUT2D eigenvalue weighted by Crippen LogP contribution is 2.32. The molecule has 0 bridgehead atoms. The van der Waals surface area contributed by atoms with Gasteiger partial charge in [0.05, 0.1) is 18.1 Å². The summed E-state index contributed by atoms with van der Waals surface area (Å²) in [5.74, 6) is -1.56. The summed E-state index contributed by atoms with van der Waals surface area (Å²) in [6.45, 7) is 1.88. The molecule has 0 aliphatic carbocycles. The number of rotatable bonds is 8. The van der Waals surface area contributed by atoms with Crippen molar-refractivity contribution in [2.75, 3.05) is 0 Å². The first-order chi connectivity index (χ1) is 20.7. The predicted molar refractivity (Wildman–Crippen MR) is 154 cm³/mol. The van der Waals surface area contributed by atoms with Gasteiger partial charge in [0.15, 0.2) is 23.1 Å². The Balaban J connectivity index is 1.29. The molecule has 2 aromatic carbocycles. The van der Waals surface area contributed by atoms with Gasteiger partial charge in [-0.15, -0.1) is 0 Å². The molecule has 0 unspecified atom stereocenters. The third kappa shape index (κ3) is 5.25. The lowest BCUT2D eigenvalue weighted by molar-refractivity contribution is 0.0990. The minimum Gasteiger partial charge on any atom is -0.452 e. The van der Waals surface area contributed by atoms with E-state index in [4.69, 9.17) is 4.74 Å². The van der Waals surface area contributed by atoms with Gasteiger partial charge in [-0.25, -0.2) is 22.7 Å². The quantitative estimate of drug-likeness (QED) is 0.244. The van der Waals surface area contributed by atoms with E-state index in [1.807, 2.05) is 12.4 Å². The number of pyridine rings is 1. The van der Waals surface area contributed by atoms with Crippen LogP contribution in [0.1, 0.15) is 22.8 Å². The number of benzene rings is 2. The van der Waals surface area contributed by atoms with Crippen molar-refractivity contribution in [3.63, 3.8) is 0 Å². The minimum absolute atomic E-state index is 0.0687. The second-order valence-corrected chi connectivity index (χ2v) is 9.85. The number of aromatic nitrogens is 6. The molecule has 10 nitrogen and oxygen atoms in total. The van der Waals surface area contributed by atoms with Crippen LogP contribution in [0.5, 0.6) is 11.5 Å². The molecule has 0 atom stereocenters. The first-order valence-corrected chi connectivity index (χ1v) is 13.3. The monoisotopic (exact) mass is 582 g/mol. The molecule has 4 heterocycles. The van der Waals surface area contributed by atoms with E-state index in [2.05, 4.69) is 10.2 Å². The van der Waals surface area contributed by atoms with Gasteiger partial charge in [-0.3, -0.25) is 18.8 Å². The van der Waals surface area contributed by atoms with E-state index in [0.29, 0.717) is 16.8 Å². The van der Waals surface area contributed by atoms with E-state index < -0.39 is 28.7 Å². The minimum atomic E-state index is -0.843. The smallest absolute Gasteiger partial charge is 0.335 e. The molecule has 0 amide bonds. The molecule has 0 spiro atoms. The van der Waals surface area contributed by atoms with Gasteiger partial charge in [0.25, 0.3) is 5.56 Å². The van der Waals surface area contributed by atoms with Gasteiger partial charge in [0.1, 0.15) is 16.9 Å². The predicted octanol–water partition coefficient (Wildman–Crippen LogP) is 4.56. The first kappa shape index (κ1) is 27.5. The Kier molecular flexibility index (Phi) is 7.02. The van der Waals surface area contributed by atoms with Crippen LogP contribution in [-0.4, -0.2) is 34.3 Å². The molecule has 6 rings (SSSR count). The van der Waals surface area contributed by atoms with E-state index in [1.165, 1.54) is 41.1 Å². The summed E-state index contributed by atoms with van der Waals surface area (Å²) in [6, 6.07) is 12.4. The maximum atomic E-state index is 15.3. The van der Waals surface area contributed by atoms with Gasteiger partial charge in [0, 0.05) is 49.7 Å². The van der Waals surface area contributed by atoms with Crippen LogP contribution in [0.25, 0.3) is 22.3 Å². The number of aryl methyl sites for hydroxylation is 2. The summed E-state index contributed by atoms with van der Waals surface area (Å²) in [5.41, 5.74) is 0.884. The van der Waals surface area contributed by atoms with Crippen LogP contribution < -0.4 is 16.0 Å². The second kappa shape index (κ2) is 11.0. The molecule has 43 heavy (non-hydrogen) atoms. The van der Waals surface area contributed by atoms with E-state index >= 15 is 4.39 Å². The highest BCUT2D eigenvalue weighted by Gasteiger charge is 2.20. The number of carbonyl (C=O) groups excluding carboxylic acids is 1. The van der Waals surface area contributed by atoms with Crippen LogP contribution in [0.4, 0.5) is 8.78 Å². The fraction of sp³-hybridized carbons (Fsp3) is 0.129. The maximum absolute atomic E-state index is 15.3. The molecule has 12 heteroatoms. The van der Waals surface area contributed by atoms with Crippen molar-refractivity contribution in [2.24, 2.45) is 7.05 Å². The maximum Gasteiger partial charge on any atom is 0.335 e. The summed E-state index contributed by atoms with van der Waals surface area (Å²) >= 11 is 0. The zero-order valence-electron chi connectivity index (χ0n) is 23.1. The lowest BCUT2D eigenvalue weighted by atomic mass is 10.0. The van der Waals surface area contributed by atoms with Crippen molar-refractivity contribution in [1.82, 2.24) is 28.5 Å². The van der Waals surface area contributed by atoms with Crippen LogP contribution >= 0.6 is 0 Å². The Hall–Kier alpha value is -5.65. The van der Waals surface area contributed by atoms with E-state index in [-0.39, 0.29) is 30.0 Å². The van der Waals surface area contributed by atoms with Crippen molar-refractivity contribution < 1.29 is 18.3 Å². The third-order valence-electron chi connectivity index (χ3n) is 6.97. The van der Waals surface area contributed by atoms with Gasteiger partial charge in [-0.2, -0.15) is 10.2 Å². The molecule has 4 aromatic heterocycles. The van der Waals surface area contributed by atoms with Crippen molar-refractivity contribution in [3.8, 4) is 28.3 Å². The summed E-state index contributed by atoms with van der Waals surface area (Å²) in [7, 11) is 1.80. The number of carbonyl (C=O) groups is 1. The second-order valence-electron chi connectivity index (χ2n) is 9.85. The summed E-state index contributed by atoms with van der Waals surface area (Å²) in [5, 5.41) is 8.47. The summed E-state index contributed by atoms with van der Waals surface area (Å²) in [6.07, 6.45) is 7.85. The summed E-state index contributed by atoms with van der Waals surface area (Å²) < 4.78 is 40.0. The Bertz CT molecular complexity index is 2130.